The fraction of sp³-hybridized carbons (Fsp3) is 0.588. The molecule has 2 rings (SSSR count). The van der Waals surface area contributed by atoms with Crippen molar-refractivity contribution in [1.29, 1.82) is 0 Å². The smallest absolute Gasteiger partial charge is 0.235 e. The molecule has 1 fully saturated rings. The number of hydrogen-bond acceptors (Lipinski definition) is 2. The molecule has 1 aromatic carbocycles. The van der Waals surface area contributed by atoms with Gasteiger partial charge in [0.25, 0.3) is 0 Å². The van der Waals surface area contributed by atoms with E-state index in [1.807, 2.05) is 36.9 Å². The van der Waals surface area contributed by atoms with E-state index >= 15 is 0 Å². The first-order valence-electron chi connectivity index (χ1n) is 7.79. The highest BCUT2D eigenvalue weighted by Gasteiger charge is 2.21. The summed E-state index contributed by atoms with van der Waals surface area (Å²) in [6.45, 7) is 5.63. The van der Waals surface area contributed by atoms with Gasteiger partial charge in [-0.25, -0.2) is 0 Å². The molecule has 1 saturated heterocycles. The maximum absolute atomic E-state index is 12.5. The first-order chi connectivity index (χ1) is 10.1. The monoisotopic (exact) mass is 307 g/mol. The van der Waals surface area contributed by atoms with Crippen LogP contribution < -0.4 is 0 Å². The van der Waals surface area contributed by atoms with Crippen LogP contribution in [0.25, 0.3) is 0 Å². The molecule has 3 nitrogen and oxygen atoms in total. The lowest BCUT2D eigenvalue weighted by Crippen LogP contribution is -2.35. The Bertz CT molecular complexity index is 507. The molecule has 1 aliphatic rings. The number of aryl methyl sites for hydroxylation is 1. The standard InChI is InChI=1S/C17H25NO2S/c1-14-8-7-9-16(12-14)15(2)21(20)13-17(19)18-10-5-3-4-6-11-18/h7-9,12,15H,3-6,10-11,13H2,1-2H3/t15-,21+/m1/s1. The number of likely N-dealkylation sites (tertiary alicyclic amines) is 1. The van der Waals surface area contributed by atoms with Crippen molar-refractivity contribution in [3.63, 3.8) is 0 Å². The van der Waals surface area contributed by atoms with Crippen molar-refractivity contribution >= 4 is 16.7 Å². The Morgan fingerprint density at radius 2 is 1.90 bits per heavy atom. The number of amides is 1. The van der Waals surface area contributed by atoms with Crippen LogP contribution in [0.5, 0.6) is 0 Å². The largest absolute Gasteiger partial charge is 0.342 e. The van der Waals surface area contributed by atoms with Crippen molar-refractivity contribution in [1.82, 2.24) is 4.90 Å². The summed E-state index contributed by atoms with van der Waals surface area (Å²) < 4.78 is 12.5. The Morgan fingerprint density at radius 3 is 2.52 bits per heavy atom. The van der Waals surface area contributed by atoms with E-state index in [0.717, 1.165) is 37.1 Å². The molecule has 4 heteroatoms. The lowest BCUT2D eigenvalue weighted by atomic mass is 10.1. The van der Waals surface area contributed by atoms with Crippen LogP contribution in [-0.2, 0) is 15.6 Å². The Morgan fingerprint density at radius 1 is 1.24 bits per heavy atom. The fourth-order valence-corrected chi connectivity index (χ4v) is 3.86. The van der Waals surface area contributed by atoms with Gasteiger partial charge in [-0.1, -0.05) is 42.7 Å². The normalized spacial score (nSPS) is 18.9. The Labute approximate surface area is 130 Å². The minimum absolute atomic E-state index is 0.0507. The molecule has 2 atom stereocenters. The van der Waals surface area contributed by atoms with Gasteiger partial charge in [0.15, 0.2) is 0 Å². The summed E-state index contributed by atoms with van der Waals surface area (Å²) in [5.41, 5.74) is 2.21. The van der Waals surface area contributed by atoms with Crippen molar-refractivity contribution < 1.29 is 9.00 Å². The summed E-state index contributed by atoms with van der Waals surface area (Å²) in [5, 5.41) is -0.0965. The quantitative estimate of drug-likeness (QED) is 0.856. The molecular weight excluding hydrogens is 282 g/mol. The molecule has 0 bridgehead atoms. The molecule has 0 N–H and O–H groups in total. The Kier molecular flexibility index (Phi) is 5.97. The minimum Gasteiger partial charge on any atom is -0.342 e. The van der Waals surface area contributed by atoms with Crippen molar-refractivity contribution in [2.24, 2.45) is 0 Å². The van der Waals surface area contributed by atoms with Gasteiger partial charge in [-0.15, -0.1) is 0 Å². The third-order valence-corrected chi connectivity index (χ3v) is 5.72. The molecule has 21 heavy (non-hydrogen) atoms. The molecule has 1 aliphatic heterocycles. The van der Waals surface area contributed by atoms with Gasteiger partial charge in [0, 0.05) is 23.9 Å². The maximum Gasteiger partial charge on any atom is 0.235 e. The van der Waals surface area contributed by atoms with Crippen molar-refractivity contribution in [2.75, 3.05) is 18.8 Å². The van der Waals surface area contributed by atoms with Gasteiger partial charge in [-0.3, -0.25) is 9.00 Å². The molecule has 116 valence electrons. The second-order valence-electron chi connectivity index (χ2n) is 5.88. The zero-order valence-corrected chi connectivity index (χ0v) is 13.8. The molecule has 0 radical (unpaired) electrons. The van der Waals surface area contributed by atoms with Gasteiger partial charge in [0.05, 0.1) is 5.25 Å². The van der Waals surface area contributed by atoms with Gasteiger partial charge in [0.2, 0.25) is 5.91 Å². The van der Waals surface area contributed by atoms with Gasteiger partial charge in [-0.2, -0.15) is 0 Å². The van der Waals surface area contributed by atoms with Gasteiger partial charge in [-0.05, 0) is 32.3 Å². The number of benzene rings is 1. The Balaban J connectivity index is 1.95. The molecule has 1 amide bonds. The van der Waals surface area contributed by atoms with E-state index < -0.39 is 10.8 Å². The van der Waals surface area contributed by atoms with E-state index in [1.165, 1.54) is 12.8 Å². The topological polar surface area (TPSA) is 37.4 Å². The molecule has 1 heterocycles. The second kappa shape index (κ2) is 7.74. The van der Waals surface area contributed by atoms with Crippen molar-refractivity contribution in [3.8, 4) is 0 Å². The highest BCUT2D eigenvalue weighted by molar-refractivity contribution is 7.86. The fourth-order valence-electron chi connectivity index (χ4n) is 2.73. The zero-order chi connectivity index (χ0) is 15.2. The highest BCUT2D eigenvalue weighted by atomic mass is 32.2. The summed E-state index contributed by atoms with van der Waals surface area (Å²) in [4.78, 5) is 14.2. The van der Waals surface area contributed by atoms with Crippen LogP contribution in [0, 0.1) is 6.92 Å². The van der Waals surface area contributed by atoms with Crippen LogP contribution in [0.1, 0.15) is 49.0 Å². The molecule has 0 aromatic heterocycles. The lowest BCUT2D eigenvalue weighted by Gasteiger charge is -2.21. The number of carbonyl (C=O) groups excluding carboxylic acids is 1. The predicted molar refractivity (Wildman–Crippen MR) is 87.7 cm³/mol. The third kappa shape index (κ3) is 4.67. The third-order valence-electron chi connectivity index (χ3n) is 4.13. The SMILES string of the molecule is Cc1cccc([C@@H](C)[S@@](=O)CC(=O)N2CCCCCC2)c1. The van der Waals surface area contributed by atoms with E-state index in [-0.39, 0.29) is 16.9 Å². The summed E-state index contributed by atoms with van der Waals surface area (Å²) in [7, 11) is -1.15. The van der Waals surface area contributed by atoms with Gasteiger partial charge >= 0.3 is 0 Å². The van der Waals surface area contributed by atoms with E-state index in [0.29, 0.717) is 0 Å². The minimum atomic E-state index is -1.15. The molecule has 0 unspecified atom stereocenters. The lowest BCUT2D eigenvalue weighted by molar-refractivity contribution is -0.128. The average Bonchev–Trinajstić information content (AvgIpc) is 2.75. The summed E-state index contributed by atoms with van der Waals surface area (Å²) in [5.74, 6) is 0.199. The van der Waals surface area contributed by atoms with Gasteiger partial charge in [0.1, 0.15) is 5.75 Å². The van der Waals surface area contributed by atoms with E-state index in [1.54, 1.807) is 0 Å². The first kappa shape index (κ1) is 16.2. The van der Waals surface area contributed by atoms with Crippen LogP contribution >= 0.6 is 0 Å². The van der Waals surface area contributed by atoms with Crippen LogP contribution in [-0.4, -0.2) is 33.9 Å². The van der Waals surface area contributed by atoms with Crippen LogP contribution in [0.15, 0.2) is 24.3 Å². The zero-order valence-electron chi connectivity index (χ0n) is 13.0. The summed E-state index contributed by atoms with van der Waals surface area (Å²) in [6.07, 6.45) is 4.55. The number of carbonyl (C=O) groups is 1. The number of nitrogens with zero attached hydrogens (tertiary/aromatic N) is 1. The summed E-state index contributed by atoms with van der Waals surface area (Å²) >= 11 is 0. The van der Waals surface area contributed by atoms with Gasteiger partial charge < -0.3 is 4.90 Å². The Hall–Kier alpha value is -1.16. The second-order valence-corrected chi connectivity index (χ2v) is 7.63. The first-order valence-corrected chi connectivity index (χ1v) is 9.17. The summed E-state index contributed by atoms with van der Waals surface area (Å²) in [6, 6.07) is 8.06. The highest BCUT2D eigenvalue weighted by Crippen LogP contribution is 2.21. The molecule has 0 spiro atoms. The van der Waals surface area contributed by atoms with Crippen LogP contribution in [0.3, 0.4) is 0 Å². The van der Waals surface area contributed by atoms with Crippen molar-refractivity contribution in [2.45, 2.75) is 44.8 Å². The number of rotatable bonds is 4. The molecule has 0 aliphatic carbocycles. The maximum atomic E-state index is 12.5. The molecule has 0 saturated carbocycles. The average molecular weight is 307 g/mol. The van der Waals surface area contributed by atoms with E-state index in [9.17, 15) is 9.00 Å². The molecular formula is C17H25NO2S. The van der Waals surface area contributed by atoms with Crippen LogP contribution in [0.2, 0.25) is 0 Å². The van der Waals surface area contributed by atoms with Crippen LogP contribution in [0.4, 0.5) is 0 Å². The predicted octanol–water partition coefficient (Wildman–Crippen LogP) is 3.21. The van der Waals surface area contributed by atoms with E-state index in [2.05, 4.69) is 6.07 Å². The number of hydrogen-bond donors (Lipinski definition) is 0. The van der Waals surface area contributed by atoms with Crippen molar-refractivity contribution in [3.05, 3.63) is 35.4 Å². The van der Waals surface area contributed by atoms with E-state index in [4.69, 9.17) is 0 Å². The molecule has 1 aromatic rings.